The van der Waals surface area contributed by atoms with Crippen molar-refractivity contribution in [3.05, 3.63) is 83.2 Å². The number of hydrogen-bond acceptors (Lipinski definition) is 7. The van der Waals surface area contributed by atoms with Gasteiger partial charge in [-0.25, -0.2) is 9.97 Å². The topological polar surface area (TPSA) is 113 Å². The quantitative estimate of drug-likeness (QED) is 0.517. The van der Waals surface area contributed by atoms with Gasteiger partial charge in [0.15, 0.2) is 5.76 Å². The minimum Gasteiger partial charge on any atom is -0.473 e. The van der Waals surface area contributed by atoms with Crippen LogP contribution in [0.1, 0.15) is 22.4 Å². The van der Waals surface area contributed by atoms with E-state index in [1.807, 2.05) is 37.3 Å². The number of nitrogens with zero attached hydrogens (tertiary/aromatic N) is 3. The van der Waals surface area contributed by atoms with Gasteiger partial charge < -0.3 is 20.7 Å². The summed E-state index contributed by atoms with van der Waals surface area (Å²) in [6, 6.07) is 17.4. The molecule has 3 aromatic heterocycles. The van der Waals surface area contributed by atoms with Crippen LogP contribution in [0.3, 0.4) is 0 Å². The molecule has 0 unspecified atom stereocenters. The van der Waals surface area contributed by atoms with E-state index in [2.05, 4.69) is 27.3 Å². The van der Waals surface area contributed by atoms with Crippen LogP contribution in [0.4, 0.5) is 11.6 Å². The number of aromatic nitrogens is 3. The van der Waals surface area contributed by atoms with Crippen LogP contribution in [0.25, 0.3) is 11.3 Å². The van der Waals surface area contributed by atoms with Gasteiger partial charge in [0.25, 0.3) is 0 Å². The highest BCUT2D eigenvalue weighted by atomic mass is 16.5. The lowest BCUT2D eigenvalue weighted by atomic mass is 10.1. The predicted octanol–water partition coefficient (Wildman–Crippen LogP) is 3.77. The van der Waals surface area contributed by atoms with E-state index in [0.29, 0.717) is 41.9 Å². The maximum atomic E-state index is 5.92. The van der Waals surface area contributed by atoms with Crippen molar-refractivity contribution in [2.75, 3.05) is 11.5 Å². The third-order valence-electron chi connectivity index (χ3n) is 4.46. The normalized spacial score (nSPS) is 10.8. The minimum absolute atomic E-state index is 0.320. The second-order valence-corrected chi connectivity index (χ2v) is 6.80. The van der Waals surface area contributed by atoms with E-state index in [-0.39, 0.29) is 0 Å². The second kappa shape index (κ2) is 8.02. The lowest BCUT2D eigenvalue weighted by Crippen LogP contribution is -1.98. The van der Waals surface area contributed by atoms with Crippen LogP contribution < -0.4 is 16.2 Å². The molecule has 1 aromatic carbocycles. The summed E-state index contributed by atoms with van der Waals surface area (Å²) in [5.74, 6) is 1.88. The SMILES string of the molecule is Cc1ccnc(OCc2ccc(Cc3cc(-c4ccc(N)nc4N)on3)cc2)c1. The Morgan fingerprint density at radius 1 is 0.966 bits per heavy atom. The fourth-order valence-corrected chi connectivity index (χ4v) is 2.93. The van der Waals surface area contributed by atoms with E-state index in [1.165, 1.54) is 0 Å². The fraction of sp³-hybridized carbons (Fsp3) is 0.136. The predicted molar refractivity (Wildman–Crippen MR) is 111 cm³/mol. The van der Waals surface area contributed by atoms with Crippen molar-refractivity contribution in [1.82, 2.24) is 15.1 Å². The molecule has 0 saturated carbocycles. The van der Waals surface area contributed by atoms with Gasteiger partial charge in [0.1, 0.15) is 18.2 Å². The average molecular weight is 387 g/mol. The lowest BCUT2D eigenvalue weighted by molar-refractivity contribution is 0.293. The monoisotopic (exact) mass is 387 g/mol. The van der Waals surface area contributed by atoms with Crippen molar-refractivity contribution in [2.45, 2.75) is 20.0 Å². The summed E-state index contributed by atoms with van der Waals surface area (Å²) in [5, 5.41) is 4.14. The number of ether oxygens (including phenoxy) is 1. The molecule has 4 N–H and O–H groups in total. The number of benzene rings is 1. The summed E-state index contributed by atoms with van der Waals surface area (Å²) in [6.45, 7) is 2.48. The van der Waals surface area contributed by atoms with Crippen molar-refractivity contribution >= 4 is 11.6 Å². The molecule has 0 atom stereocenters. The van der Waals surface area contributed by atoms with Crippen molar-refractivity contribution in [3.8, 4) is 17.2 Å². The molecule has 0 radical (unpaired) electrons. The summed E-state index contributed by atoms with van der Waals surface area (Å²) in [7, 11) is 0. The van der Waals surface area contributed by atoms with Crippen molar-refractivity contribution in [2.24, 2.45) is 0 Å². The average Bonchev–Trinajstić information content (AvgIpc) is 3.16. The highest BCUT2D eigenvalue weighted by Gasteiger charge is 2.11. The molecule has 0 fully saturated rings. The summed E-state index contributed by atoms with van der Waals surface area (Å²) < 4.78 is 11.2. The van der Waals surface area contributed by atoms with Crippen molar-refractivity contribution in [1.29, 1.82) is 0 Å². The standard InChI is InChI=1S/C22H21N5O2/c1-14-8-9-25-21(10-14)28-13-16-4-2-15(3-5-16)11-17-12-19(29-27-17)18-6-7-20(23)26-22(18)24/h2-10,12H,11,13H2,1H3,(H4,23,24,26). The molecular weight excluding hydrogens is 366 g/mol. The molecule has 0 amide bonds. The maximum Gasteiger partial charge on any atom is 0.213 e. The van der Waals surface area contributed by atoms with Crippen molar-refractivity contribution in [3.63, 3.8) is 0 Å². The van der Waals surface area contributed by atoms with Gasteiger partial charge in [-0.3, -0.25) is 0 Å². The molecule has 146 valence electrons. The van der Waals surface area contributed by atoms with E-state index in [0.717, 1.165) is 22.4 Å². The van der Waals surface area contributed by atoms with Gasteiger partial charge in [-0.15, -0.1) is 0 Å². The molecule has 0 bridgehead atoms. The van der Waals surface area contributed by atoms with Gasteiger partial charge in [0.2, 0.25) is 5.88 Å². The van der Waals surface area contributed by atoms with Gasteiger partial charge in [-0.05, 0) is 41.8 Å². The van der Waals surface area contributed by atoms with Crippen LogP contribution in [0, 0.1) is 6.92 Å². The lowest BCUT2D eigenvalue weighted by Gasteiger charge is -2.06. The molecule has 7 heteroatoms. The molecule has 29 heavy (non-hydrogen) atoms. The Morgan fingerprint density at radius 2 is 1.76 bits per heavy atom. The molecule has 0 saturated heterocycles. The van der Waals surface area contributed by atoms with Crippen LogP contribution in [-0.4, -0.2) is 15.1 Å². The van der Waals surface area contributed by atoms with Gasteiger partial charge in [0.05, 0.1) is 11.3 Å². The zero-order chi connectivity index (χ0) is 20.2. The highest BCUT2D eigenvalue weighted by molar-refractivity contribution is 5.71. The fourth-order valence-electron chi connectivity index (χ4n) is 2.93. The highest BCUT2D eigenvalue weighted by Crippen LogP contribution is 2.26. The molecular formula is C22H21N5O2. The number of nitrogen functional groups attached to an aromatic ring is 2. The van der Waals surface area contributed by atoms with Crippen LogP contribution >= 0.6 is 0 Å². The molecule has 3 heterocycles. The number of nitrogens with two attached hydrogens (primary N) is 2. The molecule has 4 aromatic rings. The van der Waals surface area contributed by atoms with E-state index >= 15 is 0 Å². The van der Waals surface area contributed by atoms with E-state index in [4.69, 9.17) is 20.7 Å². The zero-order valence-corrected chi connectivity index (χ0v) is 16.0. The Balaban J connectivity index is 1.39. The summed E-state index contributed by atoms with van der Waals surface area (Å²) in [5.41, 5.74) is 16.3. The summed E-state index contributed by atoms with van der Waals surface area (Å²) >= 11 is 0. The van der Waals surface area contributed by atoms with Crippen LogP contribution in [-0.2, 0) is 13.0 Å². The number of anilines is 2. The van der Waals surface area contributed by atoms with E-state index < -0.39 is 0 Å². The largest absolute Gasteiger partial charge is 0.473 e. The van der Waals surface area contributed by atoms with Gasteiger partial charge in [-0.1, -0.05) is 29.4 Å². The van der Waals surface area contributed by atoms with Gasteiger partial charge in [-0.2, -0.15) is 0 Å². The van der Waals surface area contributed by atoms with Crippen LogP contribution in [0.2, 0.25) is 0 Å². The third kappa shape index (κ3) is 4.52. The Labute approximate surface area is 168 Å². The maximum absolute atomic E-state index is 5.92. The summed E-state index contributed by atoms with van der Waals surface area (Å²) in [6.07, 6.45) is 2.39. The Morgan fingerprint density at radius 3 is 2.52 bits per heavy atom. The molecule has 4 rings (SSSR count). The molecule has 0 aliphatic rings. The first kappa shape index (κ1) is 18.5. The molecule has 7 nitrogen and oxygen atoms in total. The first-order valence-electron chi connectivity index (χ1n) is 9.18. The first-order valence-corrected chi connectivity index (χ1v) is 9.18. The number of hydrogen-bond donors (Lipinski definition) is 2. The molecule has 0 aliphatic heterocycles. The van der Waals surface area contributed by atoms with Crippen LogP contribution in [0.5, 0.6) is 5.88 Å². The van der Waals surface area contributed by atoms with Gasteiger partial charge in [0, 0.05) is 24.8 Å². The number of pyridine rings is 2. The third-order valence-corrected chi connectivity index (χ3v) is 4.46. The first-order chi connectivity index (χ1) is 14.1. The molecule has 0 spiro atoms. The van der Waals surface area contributed by atoms with E-state index in [9.17, 15) is 0 Å². The van der Waals surface area contributed by atoms with Crippen LogP contribution in [0.15, 0.2) is 65.3 Å². The van der Waals surface area contributed by atoms with Gasteiger partial charge >= 0.3 is 0 Å². The molecule has 0 aliphatic carbocycles. The zero-order valence-electron chi connectivity index (χ0n) is 16.0. The van der Waals surface area contributed by atoms with Crippen molar-refractivity contribution < 1.29 is 9.26 Å². The smallest absolute Gasteiger partial charge is 0.213 e. The Kier molecular flexibility index (Phi) is 5.11. The number of rotatable bonds is 6. The second-order valence-electron chi connectivity index (χ2n) is 6.80. The minimum atomic E-state index is 0.320. The Bertz CT molecular complexity index is 1120. The van der Waals surface area contributed by atoms with E-state index in [1.54, 1.807) is 18.3 Å². The number of aryl methyl sites for hydroxylation is 1. The Hall–Kier alpha value is -3.87. The summed E-state index contributed by atoms with van der Waals surface area (Å²) in [4.78, 5) is 8.25.